The summed E-state index contributed by atoms with van der Waals surface area (Å²) in [4.78, 5) is 40.6. The predicted octanol–water partition coefficient (Wildman–Crippen LogP) is 0.670. The largest absolute Gasteiger partial charge is 0.369 e. The van der Waals surface area contributed by atoms with E-state index in [0.29, 0.717) is 19.0 Å². The Morgan fingerprint density at radius 2 is 1.96 bits per heavy atom. The van der Waals surface area contributed by atoms with Crippen LogP contribution in [0.1, 0.15) is 49.7 Å². The van der Waals surface area contributed by atoms with Gasteiger partial charge in [0.05, 0.1) is 6.54 Å². The number of carbonyl (C=O) groups excluding carboxylic acids is 2. The van der Waals surface area contributed by atoms with Crippen molar-refractivity contribution in [3.63, 3.8) is 0 Å². The third-order valence-corrected chi connectivity index (χ3v) is 4.79. The summed E-state index contributed by atoms with van der Waals surface area (Å²) in [6.45, 7) is 9.56. The van der Waals surface area contributed by atoms with Crippen molar-refractivity contribution in [3.8, 4) is 0 Å². The maximum absolute atomic E-state index is 12.6. The number of H-pyrrole nitrogens is 1. The SMILES string of the molecule is CC(C)c1ccc(C(=O)N[C@@H]2CN(CC(N)=O)C[C@H]2C(C)C)c(=O)[nH]1. The van der Waals surface area contributed by atoms with Gasteiger partial charge in [-0.2, -0.15) is 0 Å². The fourth-order valence-electron chi connectivity index (χ4n) is 3.34. The Bertz CT molecular complexity index is 696. The zero-order valence-corrected chi connectivity index (χ0v) is 15.3. The molecule has 0 aromatic carbocycles. The minimum Gasteiger partial charge on any atom is -0.369 e. The van der Waals surface area contributed by atoms with Gasteiger partial charge in [-0.25, -0.2) is 0 Å². The highest BCUT2D eigenvalue weighted by Crippen LogP contribution is 2.24. The molecule has 0 spiro atoms. The van der Waals surface area contributed by atoms with Gasteiger partial charge >= 0.3 is 0 Å². The first-order chi connectivity index (χ1) is 11.7. The molecule has 0 bridgehead atoms. The maximum atomic E-state index is 12.6. The van der Waals surface area contributed by atoms with Crippen LogP contribution in [-0.4, -0.2) is 47.4 Å². The standard InChI is InChI=1S/C18H28N4O3/c1-10(2)13-7-22(9-16(19)23)8-15(13)21-18(25)12-5-6-14(11(3)4)20-17(12)24/h5-6,10-11,13,15H,7-9H2,1-4H3,(H2,19,23)(H,20,24)(H,21,25)/t13-,15+/m0/s1. The van der Waals surface area contributed by atoms with Crippen molar-refractivity contribution in [1.29, 1.82) is 0 Å². The summed E-state index contributed by atoms with van der Waals surface area (Å²) in [5.74, 6) is -0.0299. The molecule has 2 heterocycles. The second-order valence-corrected chi connectivity index (χ2v) is 7.46. The van der Waals surface area contributed by atoms with Gasteiger partial charge in [-0.1, -0.05) is 27.7 Å². The number of likely N-dealkylation sites (tertiary alicyclic amines) is 1. The minimum absolute atomic E-state index is 0.111. The molecule has 1 saturated heterocycles. The molecule has 0 aliphatic carbocycles. The normalized spacial score (nSPS) is 21.0. The van der Waals surface area contributed by atoms with E-state index in [0.717, 1.165) is 5.69 Å². The van der Waals surface area contributed by atoms with E-state index < -0.39 is 0 Å². The van der Waals surface area contributed by atoms with Gasteiger partial charge in [0, 0.05) is 24.8 Å². The van der Waals surface area contributed by atoms with Crippen LogP contribution >= 0.6 is 0 Å². The maximum Gasteiger partial charge on any atom is 0.261 e. The van der Waals surface area contributed by atoms with E-state index in [2.05, 4.69) is 24.1 Å². The summed E-state index contributed by atoms with van der Waals surface area (Å²) < 4.78 is 0. The summed E-state index contributed by atoms with van der Waals surface area (Å²) in [6.07, 6.45) is 0. The van der Waals surface area contributed by atoms with Crippen molar-refractivity contribution < 1.29 is 9.59 Å². The Balaban J connectivity index is 2.13. The molecule has 7 heteroatoms. The van der Waals surface area contributed by atoms with Crippen LogP contribution in [0.4, 0.5) is 0 Å². The van der Waals surface area contributed by atoms with Crippen LogP contribution in [0.5, 0.6) is 0 Å². The molecule has 2 amide bonds. The third-order valence-electron chi connectivity index (χ3n) is 4.79. The number of rotatable bonds is 6. The summed E-state index contributed by atoms with van der Waals surface area (Å²) in [5.41, 5.74) is 5.81. The average Bonchev–Trinajstić information content (AvgIpc) is 2.88. The van der Waals surface area contributed by atoms with Gasteiger partial charge < -0.3 is 16.0 Å². The van der Waals surface area contributed by atoms with Crippen LogP contribution in [0.2, 0.25) is 0 Å². The molecule has 0 unspecified atom stereocenters. The number of nitrogens with zero attached hydrogens (tertiary/aromatic N) is 1. The Labute approximate surface area is 148 Å². The quantitative estimate of drug-likeness (QED) is 0.702. The van der Waals surface area contributed by atoms with Gasteiger partial charge in [-0.15, -0.1) is 0 Å². The lowest BCUT2D eigenvalue weighted by Crippen LogP contribution is -2.43. The molecule has 0 saturated carbocycles. The lowest BCUT2D eigenvalue weighted by molar-refractivity contribution is -0.118. The number of primary amides is 1. The molecule has 1 aromatic rings. The van der Waals surface area contributed by atoms with Crippen molar-refractivity contribution in [2.24, 2.45) is 17.6 Å². The Hall–Kier alpha value is -2.15. The monoisotopic (exact) mass is 348 g/mol. The molecule has 1 aliphatic rings. The van der Waals surface area contributed by atoms with Crippen molar-refractivity contribution in [2.45, 2.75) is 39.7 Å². The molecule has 1 aromatic heterocycles. The van der Waals surface area contributed by atoms with Crippen LogP contribution in [0.3, 0.4) is 0 Å². The van der Waals surface area contributed by atoms with Gasteiger partial charge in [-0.05, 0) is 29.9 Å². The predicted molar refractivity (Wildman–Crippen MR) is 96.4 cm³/mol. The number of nitrogens with two attached hydrogens (primary N) is 1. The van der Waals surface area contributed by atoms with E-state index in [1.54, 1.807) is 12.1 Å². The number of nitrogens with one attached hydrogen (secondary N) is 2. The van der Waals surface area contributed by atoms with E-state index >= 15 is 0 Å². The number of carbonyl (C=O) groups is 2. The fraction of sp³-hybridized carbons (Fsp3) is 0.611. The molecule has 0 radical (unpaired) electrons. The van der Waals surface area contributed by atoms with E-state index in [-0.39, 0.29) is 47.4 Å². The molecule has 2 atom stereocenters. The van der Waals surface area contributed by atoms with Crippen LogP contribution in [-0.2, 0) is 4.79 Å². The van der Waals surface area contributed by atoms with Crippen molar-refractivity contribution in [3.05, 3.63) is 33.7 Å². The van der Waals surface area contributed by atoms with Gasteiger partial charge in [0.1, 0.15) is 5.56 Å². The summed E-state index contributed by atoms with van der Waals surface area (Å²) in [6, 6.07) is 3.23. The summed E-state index contributed by atoms with van der Waals surface area (Å²) >= 11 is 0. The highest BCUT2D eigenvalue weighted by molar-refractivity contribution is 5.94. The van der Waals surface area contributed by atoms with Gasteiger partial charge in [0.2, 0.25) is 5.91 Å². The second kappa shape index (κ2) is 7.82. The molecule has 2 rings (SSSR count). The van der Waals surface area contributed by atoms with E-state index in [9.17, 15) is 14.4 Å². The van der Waals surface area contributed by atoms with Crippen molar-refractivity contribution in [1.82, 2.24) is 15.2 Å². The molecule has 7 nitrogen and oxygen atoms in total. The van der Waals surface area contributed by atoms with E-state index in [1.165, 1.54) is 0 Å². The Kier molecular flexibility index (Phi) is 6.00. The van der Waals surface area contributed by atoms with Crippen molar-refractivity contribution in [2.75, 3.05) is 19.6 Å². The lowest BCUT2D eigenvalue weighted by Gasteiger charge is -2.23. The number of aromatic amines is 1. The van der Waals surface area contributed by atoms with Crippen LogP contribution < -0.4 is 16.6 Å². The van der Waals surface area contributed by atoms with Crippen LogP contribution in [0.25, 0.3) is 0 Å². The molecule has 1 aliphatic heterocycles. The topological polar surface area (TPSA) is 108 Å². The fourth-order valence-corrected chi connectivity index (χ4v) is 3.34. The number of hydrogen-bond acceptors (Lipinski definition) is 4. The van der Waals surface area contributed by atoms with E-state index in [4.69, 9.17) is 5.73 Å². The van der Waals surface area contributed by atoms with Crippen molar-refractivity contribution >= 4 is 11.8 Å². The van der Waals surface area contributed by atoms with Crippen LogP contribution in [0.15, 0.2) is 16.9 Å². The molecule has 138 valence electrons. The lowest BCUT2D eigenvalue weighted by atomic mass is 9.91. The first kappa shape index (κ1) is 19.2. The first-order valence-electron chi connectivity index (χ1n) is 8.73. The number of hydrogen-bond donors (Lipinski definition) is 3. The van der Waals surface area contributed by atoms with Gasteiger partial charge in [-0.3, -0.25) is 19.3 Å². The average molecular weight is 348 g/mol. The molecule has 1 fully saturated rings. The smallest absolute Gasteiger partial charge is 0.261 e. The zero-order valence-electron chi connectivity index (χ0n) is 15.3. The molecular weight excluding hydrogens is 320 g/mol. The number of aromatic nitrogens is 1. The Morgan fingerprint density at radius 3 is 2.48 bits per heavy atom. The number of amides is 2. The highest BCUT2D eigenvalue weighted by Gasteiger charge is 2.36. The molecule has 25 heavy (non-hydrogen) atoms. The van der Waals surface area contributed by atoms with Gasteiger partial charge in [0.25, 0.3) is 11.5 Å². The third kappa shape index (κ3) is 4.69. The number of pyridine rings is 1. The van der Waals surface area contributed by atoms with Gasteiger partial charge in [0.15, 0.2) is 0 Å². The summed E-state index contributed by atoms with van der Waals surface area (Å²) in [7, 11) is 0. The van der Waals surface area contributed by atoms with E-state index in [1.807, 2.05) is 18.7 Å². The second-order valence-electron chi connectivity index (χ2n) is 7.46. The molecular formula is C18H28N4O3. The zero-order chi connectivity index (χ0) is 18.7. The van der Waals surface area contributed by atoms with Crippen LogP contribution in [0, 0.1) is 11.8 Å². The minimum atomic E-state index is -0.381. The highest BCUT2D eigenvalue weighted by atomic mass is 16.2. The Morgan fingerprint density at radius 1 is 1.28 bits per heavy atom. The summed E-state index contributed by atoms with van der Waals surface area (Å²) in [5, 5.41) is 2.97. The first-order valence-corrected chi connectivity index (χ1v) is 8.73. The molecule has 4 N–H and O–H groups in total.